The highest BCUT2D eigenvalue weighted by Crippen LogP contribution is 2.40. The second-order valence-electron chi connectivity index (χ2n) is 8.38. The number of sulfonamides is 1. The van der Waals surface area contributed by atoms with E-state index in [0.717, 1.165) is 27.4 Å². The third-order valence-corrected chi connectivity index (χ3v) is 6.69. The fraction of sp³-hybridized carbons (Fsp3) is 0.409. The zero-order chi connectivity index (χ0) is 22.3. The molecule has 1 aliphatic rings. The Labute approximate surface area is 183 Å². The maximum atomic E-state index is 13.0. The van der Waals surface area contributed by atoms with E-state index in [1.165, 1.54) is 0 Å². The topological polar surface area (TPSA) is 75.7 Å². The Kier molecular flexibility index (Phi) is 6.07. The number of amides is 1. The number of benzene rings is 2. The minimum absolute atomic E-state index is 0.280. The van der Waals surface area contributed by atoms with Crippen LogP contribution >= 0.6 is 11.6 Å². The normalized spacial score (nSPS) is 17.6. The zero-order valence-electron chi connectivity index (χ0n) is 17.8. The summed E-state index contributed by atoms with van der Waals surface area (Å²) >= 11 is 6.17. The lowest BCUT2D eigenvalue weighted by molar-refractivity contribution is -0.120. The third kappa shape index (κ3) is 4.90. The van der Waals surface area contributed by atoms with Crippen molar-refractivity contribution in [3.05, 3.63) is 58.1 Å². The fourth-order valence-electron chi connectivity index (χ4n) is 3.72. The number of nitrogens with one attached hydrogen (secondary N) is 1. The van der Waals surface area contributed by atoms with Crippen molar-refractivity contribution in [1.29, 1.82) is 0 Å². The molecule has 0 radical (unpaired) electrons. The molecule has 3 rings (SSSR count). The van der Waals surface area contributed by atoms with Crippen molar-refractivity contribution in [2.45, 2.75) is 45.8 Å². The van der Waals surface area contributed by atoms with Gasteiger partial charge in [-0.2, -0.15) is 0 Å². The molecule has 1 N–H and O–H groups in total. The van der Waals surface area contributed by atoms with Gasteiger partial charge in [0, 0.05) is 17.0 Å². The summed E-state index contributed by atoms with van der Waals surface area (Å²) in [6, 6.07) is 10.6. The molecule has 0 bridgehead atoms. The lowest BCUT2D eigenvalue weighted by atomic mass is 9.89. The molecule has 1 atom stereocenters. The predicted octanol–water partition coefficient (Wildman–Crippen LogP) is 4.14. The molecule has 0 saturated heterocycles. The van der Waals surface area contributed by atoms with Gasteiger partial charge in [0.2, 0.25) is 15.9 Å². The van der Waals surface area contributed by atoms with Crippen molar-refractivity contribution in [1.82, 2.24) is 5.32 Å². The van der Waals surface area contributed by atoms with Crippen LogP contribution < -0.4 is 14.4 Å². The predicted molar refractivity (Wildman–Crippen MR) is 120 cm³/mol. The van der Waals surface area contributed by atoms with Crippen LogP contribution in [0.1, 0.15) is 43.0 Å². The van der Waals surface area contributed by atoms with Gasteiger partial charge >= 0.3 is 0 Å². The van der Waals surface area contributed by atoms with Gasteiger partial charge in [0.25, 0.3) is 0 Å². The molecule has 0 spiro atoms. The molecule has 0 fully saturated rings. The van der Waals surface area contributed by atoms with Gasteiger partial charge in [-0.15, -0.1) is 0 Å². The highest BCUT2D eigenvalue weighted by Gasteiger charge is 2.35. The summed E-state index contributed by atoms with van der Waals surface area (Å²) in [5.41, 5.74) is 2.49. The number of carbonyl (C=O) groups is 1. The van der Waals surface area contributed by atoms with Crippen LogP contribution in [0.25, 0.3) is 0 Å². The van der Waals surface area contributed by atoms with E-state index in [0.29, 0.717) is 22.7 Å². The van der Waals surface area contributed by atoms with Crippen molar-refractivity contribution in [3.63, 3.8) is 0 Å². The number of fused-ring (bicyclic) bond motifs is 1. The van der Waals surface area contributed by atoms with E-state index in [1.54, 1.807) is 25.1 Å². The van der Waals surface area contributed by atoms with E-state index in [9.17, 15) is 13.2 Å². The van der Waals surface area contributed by atoms with E-state index in [2.05, 4.69) is 5.32 Å². The summed E-state index contributed by atoms with van der Waals surface area (Å²) in [6.45, 7) is 7.30. The molecule has 0 aromatic heterocycles. The number of anilines is 1. The van der Waals surface area contributed by atoms with Crippen molar-refractivity contribution < 1.29 is 17.9 Å². The number of nitrogens with zero attached hydrogens (tertiary/aromatic N) is 1. The average molecular weight is 451 g/mol. The lowest BCUT2D eigenvalue weighted by Crippen LogP contribution is -2.45. The molecule has 0 saturated carbocycles. The molecule has 162 valence electrons. The quantitative estimate of drug-likeness (QED) is 0.742. The van der Waals surface area contributed by atoms with Crippen LogP contribution in [0, 0.1) is 13.8 Å². The monoisotopic (exact) mass is 450 g/mol. The highest BCUT2D eigenvalue weighted by molar-refractivity contribution is 7.92. The van der Waals surface area contributed by atoms with E-state index >= 15 is 0 Å². The van der Waals surface area contributed by atoms with Gasteiger partial charge in [0.15, 0.2) is 0 Å². The Bertz CT molecular complexity index is 1080. The van der Waals surface area contributed by atoms with Crippen molar-refractivity contribution in [2.75, 3.05) is 17.1 Å². The molecule has 0 aliphatic carbocycles. The number of hydrogen-bond acceptors (Lipinski definition) is 4. The Morgan fingerprint density at radius 1 is 1.27 bits per heavy atom. The molecule has 1 aliphatic heterocycles. The van der Waals surface area contributed by atoms with Crippen molar-refractivity contribution >= 4 is 33.2 Å². The van der Waals surface area contributed by atoms with Gasteiger partial charge in [0.1, 0.15) is 17.9 Å². The van der Waals surface area contributed by atoms with Gasteiger partial charge in [0.05, 0.1) is 18.0 Å². The van der Waals surface area contributed by atoms with Crippen LogP contribution in [0.15, 0.2) is 36.4 Å². The van der Waals surface area contributed by atoms with Gasteiger partial charge in [-0.25, -0.2) is 8.42 Å². The minimum Gasteiger partial charge on any atom is -0.487 e. The van der Waals surface area contributed by atoms with E-state index < -0.39 is 21.5 Å². The smallest absolute Gasteiger partial charge is 0.241 e. The van der Waals surface area contributed by atoms with Crippen LogP contribution in [0.3, 0.4) is 0 Å². The molecule has 1 amide bonds. The summed E-state index contributed by atoms with van der Waals surface area (Å²) in [7, 11) is -3.69. The first-order valence-corrected chi connectivity index (χ1v) is 11.9. The Hall–Kier alpha value is -2.25. The summed E-state index contributed by atoms with van der Waals surface area (Å²) < 4.78 is 32.0. The van der Waals surface area contributed by atoms with Crippen molar-refractivity contribution in [2.24, 2.45) is 0 Å². The molecule has 2 aromatic rings. The summed E-state index contributed by atoms with van der Waals surface area (Å²) in [5.74, 6) is 0.336. The Morgan fingerprint density at radius 2 is 1.97 bits per heavy atom. The number of aryl methyl sites for hydroxylation is 1. The number of carbonyl (C=O) groups excluding carboxylic acids is 1. The van der Waals surface area contributed by atoms with E-state index in [1.807, 2.05) is 39.0 Å². The fourth-order valence-corrected chi connectivity index (χ4v) is 4.80. The molecule has 8 heteroatoms. The first-order chi connectivity index (χ1) is 13.9. The van der Waals surface area contributed by atoms with Crippen LogP contribution in [0.4, 0.5) is 5.69 Å². The number of rotatable bonds is 5. The van der Waals surface area contributed by atoms with E-state index in [4.69, 9.17) is 16.3 Å². The SMILES string of the molecule is Cc1ccc2c(c1)C(NC(=O)CN(c1cccc(Cl)c1C)S(C)(=O)=O)CC(C)(C)O2. The first kappa shape index (κ1) is 22.4. The standard InChI is InChI=1S/C22H27ClN2O4S/c1-14-9-10-20-16(11-14)18(12-22(3,4)29-20)24-21(26)13-25(30(5,27)28)19-8-6-7-17(23)15(19)2/h6-11,18H,12-13H2,1-5H3,(H,24,26). The van der Waals surface area contributed by atoms with Crippen LogP contribution in [-0.4, -0.2) is 32.7 Å². The summed E-state index contributed by atoms with van der Waals surface area (Å²) in [6.07, 6.45) is 1.65. The Morgan fingerprint density at radius 3 is 2.63 bits per heavy atom. The molecule has 6 nitrogen and oxygen atoms in total. The van der Waals surface area contributed by atoms with Crippen LogP contribution in [0.2, 0.25) is 5.02 Å². The first-order valence-electron chi connectivity index (χ1n) is 9.69. The van der Waals surface area contributed by atoms with Crippen LogP contribution in [-0.2, 0) is 14.8 Å². The molecular formula is C22H27ClN2O4S. The minimum atomic E-state index is -3.69. The Balaban J connectivity index is 1.88. The zero-order valence-corrected chi connectivity index (χ0v) is 19.4. The lowest BCUT2D eigenvalue weighted by Gasteiger charge is -2.38. The van der Waals surface area contributed by atoms with Gasteiger partial charge in [-0.1, -0.05) is 35.4 Å². The average Bonchev–Trinajstić information content (AvgIpc) is 2.61. The molecule has 2 aromatic carbocycles. The maximum absolute atomic E-state index is 13.0. The largest absolute Gasteiger partial charge is 0.487 e. The number of ether oxygens (including phenoxy) is 1. The molecular weight excluding hydrogens is 424 g/mol. The summed E-state index contributed by atoms with van der Waals surface area (Å²) in [5, 5.41) is 3.45. The second kappa shape index (κ2) is 8.12. The number of halogens is 1. The molecule has 30 heavy (non-hydrogen) atoms. The highest BCUT2D eigenvalue weighted by atomic mass is 35.5. The molecule has 1 unspecified atom stereocenters. The van der Waals surface area contributed by atoms with Gasteiger partial charge in [-0.05, 0) is 51.5 Å². The second-order valence-corrected chi connectivity index (χ2v) is 10.7. The maximum Gasteiger partial charge on any atom is 0.241 e. The number of hydrogen-bond donors (Lipinski definition) is 1. The van der Waals surface area contributed by atoms with Crippen molar-refractivity contribution in [3.8, 4) is 5.75 Å². The van der Waals surface area contributed by atoms with Gasteiger partial charge < -0.3 is 10.1 Å². The van der Waals surface area contributed by atoms with E-state index in [-0.39, 0.29) is 12.6 Å². The molecule has 1 heterocycles. The van der Waals surface area contributed by atoms with Gasteiger partial charge in [-0.3, -0.25) is 9.10 Å². The third-order valence-electron chi connectivity index (χ3n) is 5.15. The summed E-state index contributed by atoms with van der Waals surface area (Å²) in [4.78, 5) is 13.0. The van der Waals surface area contributed by atoms with Crippen LogP contribution in [0.5, 0.6) is 5.75 Å².